The first kappa shape index (κ1) is 17.7. The van der Waals surface area contributed by atoms with Crippen molar-refractivity contribution in [1.29, 1.82) is 0 Å². The van der Waals surface area contributed by atoms with Gasteiger partial charge < -0.3 is 9.64 Å². The normalized spacial score (nSPS) is 20.0. The first-order chi connectivity index (χ1) is 13.0. The summed E-state index contributed by atoms with van der Waals surface area (Å²) in [6.07, 6.45) is 0.0854. The molecule has 0 bridgehead atoms. The molecule has 0 aliphatic carbocycles. The van der Waals surface area contributed by atoms with E-state index < -0.39 is 0 Å². The van der Waals surface area contributed by atoms with Gasteiger partial charge in [-0.3, -0.25) is 4.79 Å². The second kappa shape index (κ2) is 7.12. The number of amides is 1. The lowest BCUT2D eigenvalue weighted by atomic mass is 10.0. The molecule has 2 atom stereocenters. The zero-order chi connectivity index (χ0) is 19.0. The van der Waals surface area contributed by atoms with Gasteiger partial charge in [0.05, 0.1) is 29.0 Å². The van der Waals surface area contributed by atoms with Gasteiger partial charge in [0, 0.05) is 24.0 Å². The standard InChI is InChI=1S/C23H24N2O2/c1-15-9-10-21-19(11-15)20(12-22(24-21)18-7-5-4-6-8-18)23(26)25-13-16(2)27-17(3)14-25/h4-12,16-17H,13-14H2,1-3H3/t16-,17+. The lowest BCUT2D eigenvalue weighted by molar-refractivity contribution is -0.0585. The largest absolute Gasteiger partial charge is 0.372 e. The van der Waals surface area contributed by atoms with Crippen LogP contribution >= 0.6 is 0 Å². The number of nitrogens with zero attached hydrogens (tertiary/aromatic N) is 2. The van der Waals surface area contributed by atoms with E-state index in [2.05, 4.69) is 6.07 Å². The first-order valence-corrected chi connectivity index (χ1v) is 9.43. The van der Waals surface area contributed by atoms with Gasteiger partial charge in [0.15, 0.2) is 0 Å². The summed E-state index contributed by atoms with van der Waals surface area (Å²) < 4.78 is 5.80. The first-order valence-electron chi connectivity index (χ1n) is 9.43. The maximum absolute atomic E-state index is 13.4. The summed E-state index contributed by atoms with van der Waals surface area (Å²) >= 11 is 0. The number of aryl methyl sites for hydroxylation is 1. The fourth-order valence-corrected chi connectivity index (χ4v) is 3.79. The van der Waals surface area contributed by atoms with Crippen molar-refractivity contribution in [2.24, 2.45) is 0 Å². The Morgan fingerprint density at radius 2 is 1.74 bits per heavy atom. The maximum Gasteiger partial charge on any atom is 0.254 e. The van der Waals surface area contributed by atoms with Crippen molar-refractivity contribution in [1.82, 2.24) is 9.88 Å². The molecular formula is C23H24N2O2. The maximum atomic E-state index is 13.4. The minimum absolute atomic E-state index is 0.0427. The van der Waals surface area contributed by atoms with Gasteiger partial charge in [0.1, 0.15) is 0 Å². The molecule has 0 radical (unpaired) electrons. The number of ether oxygens (including phenoxy) is 1. The van der Waals surface area contributed by atoms with E-state index in [0.29, 0.717) is 18.7 Å². The van der Waals surface area contributed by atoms with E-state index in [1.54, 1.807) is 0 Å². The lowest BCUT2D eigenvalue weighted by Crippen LogP contribution is -2.48. The molecule has 0 unspecified atom stereocenters. The van der Waals surface area contributed by atoms with E-state index in [4.69, 9.17) is 9.72 Å². The van der Waals surface area contributed by atoms with Crippen molar-refractivity contribution in [3.63, 3.8) is 0 Å². The molecule has 4 rings (SSSR count). The number of hydrogen-bond acceptors (Lipinski definition) is 3. The SMILES string of the molecule is Cc1ccc2nc(-c3ccccc3)cc(C(=O)N3C[C@@H](C)O[C@@H](C)C3)c2c1. The van der Waals surface area contributed by atoms with E-state index in [1.807, 2.05) is 74.2 Å². The molecule has 1 saturated heterocycles. The molecule has 1 fully saturated rings. The van der Waals surface area contributed by atoms with E-state index in [0.717, 1.165) is 27.7 Å². The topological polar surface area (TPSA) is 42.4 Å². The van der Waals surface area contributed by atoms with Crippen LogP contribution in [0.5, 0.6) is 0 Å². The molecular weight excluding hydrogens is 336 g/mol. The summed E-state index contributed by atoms with van der Waals surface area (Å²) in [6, 6.07) is 18.0. The Balaban J connectivity index is 1.84. The molecule has 0 saturated carbocycles. The van der Waals surface area contributed by atoms with Crippen LogP contribution in [0.15, 0.2) is 54.6 Å². The van der Waals surface area contributed by atoms with Crippen molar-refractivity contribution in [3.05, 3.63) is 65.7 Å². The highest BCUT2D eigenvalue weighted by molar-refractivity contribution is 6.07. The minimum atomic E-state index is 0.0427. The highest BCUT2D eigenvalue weighted by Crippen LogP contribution is 2.27. The van der Waals surface area contributed by atoms with Crippen molar-refractivity contribution < 1.29 is 9.53 Å². The van der Waals surface area contributed by atoms with Crippen molar-refractivity contribution >= 4 is 16.8 Å². The summed E-state index contributed by atoms with van der Waals surface area (Å²) in [7, 11) is 0. The number of carbonyl (C=O) groups excluding carboxylic acids is 1. The molecule has 1 amide bonds. The minimum Gasteiger partial charge on any atom is -0.372 e. The van der Waals surface area contributed by atoms with Gasteiger partial charge in [-0.1, -0.05) is 42.0 Å². The number of morpholine rings is 1. The molecule has 0 N–H and O–H groups in total. The van der Waals surface area contributed by atoms with Gasteiger partial charge in [-0.05, 0) is 39.0 Å². The molecule has 0 spiro atoms. The van der Waals surface area contributed by atoms with Crippen molar-refractivity contribution in [2.75, 3.05) is 13.1 Å². The smallest absolute Gasteiger partial charge is 0.254 e. The molecule has 1 aromatic heterocycles. The van der Waals surface area contributed by atoms with Crippen molar-refractivity contribution in [3.8, 4) is 11.3 Å². The number of fused-ring (bicyclic) bond motifs is 1. The third kappa shape index (κ3) is 3.58. The average molecular weight is 360 g/mol. The summed E-state index contributed by atoms with van der Waals surface area (Å²) in [5.74, 6) is 0.0483. The predicted molar refractivity (Wildman–Crippen MR) is 108 cm³/mol. The van der Waals surface area contributed by atoms with Gasteiger partial charge >= 0.3 is 0 Å². The van der Waals surface area contributed by atoms with Gasteiger partial charge in [0.25, 0.3) is 5.91 Å². The van der Waals surface area contributed by atoms with Crippen LogP contribution in [0.2, 0.25) is 0 Å². The number of pyridine rings is 1. The number of aromatic nitrogens is 1. The second-order valence-corrected chi connectivity index (χ2v) is 7.41. The van der Waals surface area contributed by atoms with E-state index >= 15 is 0 Å². The highest BCUT2D eigenvalue weighted by atomic mass is 16.5. The Morgan fingerprint density at radius 3 is 2.44 bits per heavy atom. The van der Waals surface area contributed by atoms with Crippen LogP contribution in [-0.2, 0) is 4.74 Å². The Bertz CT molecular complexity index is 974. The number of hydrogen-bond donors (Lipinski definition) is 0. The highest BCUT2D eigenvalue weighted by Gasteiger charge is 2.28. The fraction of sp³-hybridized carbons (Fsp3) is 0.304. The molecule has 3 aromatic rings. The number of benzene rings is 2. The van der Waals surface area contributed by atoms with E-state index in [9.17, 15) is 4.79 Å². The zero-order valence-corrected chi connectivity index (χ0v) is 16.0. The molecule has 4 heteroatoms. The molecule has 138 valence electrons. The Kier molecular flexibility index (Phi) is 4.66. The monoisotopic (exact) mass is 360 g/mol. The van der Waals surface area contributed by atoms with Crippen LogP contribution in [0.3, 0.4) is 0 Å². The summed E-state index contributed by atoms with van der Waals surface area (Å²) in [6.45, 7) is 7.29. The van der Waals surface area contributed by atoms with E-state index in [1.165, 1.54) is 0 Å². The van der Waals surface area contributed by atoms with Crippen LogP contribution in [-0.4, -0.2) is 41.1 Å². The molecule has 1 aliphatic rings. The van der Waals surface area contributed by atoms with Gasteiger partial charge in [0.2, 0.25) is 0 Å². The van der Waals surface area contributed by atoms with Gasteiger partial charge in [-0.25, -0.2) is 4.98 Å². The molecule has 4 nitrogen and oxygen atoms in total. The Labute approximate surface area is 159 Å². The quantitative estimate of drug-likeness (QED) is 0.678. The Morgan fingerprint density at radius 1 is 1.04 bits per heavy atom. The third-order valence-electron chi connectivity index (χ3n) is 4.97. The molecule has 2 heterocycles. The zero-order valence-electron chi connectivity index (χ0n) is 16.0. The average Bonchev–Trinajstić information content (AvgIpc) is 2.66. The van der Waals surface area contributed by atoms with Crippen LogP contribution in [0, 0.1) is 6.92 Å². The number of carbonyl (C=O) groups is 1. The lowest BCUT2D eigenvalue weighted by Gasteiger charge is -2.35. The van der Waals surface area contributed by atoms with Gasteiger partial charge in [-0.2, -0.15) is 0 Å². The summed E-state index contributed by atoms with van der Waals surface area (Å²) in [5, 5.41) is 0.909. The second-order valence-electron chi connectivity index (χ2n) is 7.41. The molecule has 2 aromatic carbocycles. The van der Waals surface area contributed by atoms with Crippen LogP contribution in [0.4, 0.5) is 0 Å². The molecule has 1 aliphatic heterocycles. The van der Waals surface area contributed by atoms with Crippen molar-refractivity contribution in [2.45, 2.75) is 33.0 Å². The Hall–Kier alpha value is -2.72. The summed E-state index contributed by atoms with van der Waals surface area (Å²) in [5.41, 5.74) is 4.51. The number of rotatable bonds is 2. The predicted octanol–water partition coefficient (Wildman–Crippen LogP) is 4.46. The summed E-state index contributed by atoms with van der Waals surface area (Å²) in [4.78, 5) is 20.2. The third-order valence-corrected chi connectivity index (χ3v) is 4.97. The van der Waals surface area contributed by atoms with Crippen LogP contribution in [0.1, 0.15) is 29.8 Å². The molecule has 27 heavy (non-hydrogen) atoms. The van der Waals surface area contributed by atoms with Crippen LogP contribution < -0.4 is 0 Å². The van der Waals surface area contributed by atoms with E-state index in [-0.39, 0.29) is 18.1 Å². The van der Waals surface area contributed by atoms with Crippen LogP contribution in [0.25, 0.3) is 22.2 Å². The van der Waals surface area contributed by atoms with Gasteiger partial charge in [-0.15, -0.1) is 0 Å². The fourth-order valence-electron chi connectivity index (χ4n) is 3.79.